The van der Waals surface area contributed by atoms with E-state index in [-0.39, 0.29) is 12.3 Å². The van der Waals surface area contributed by atoms with E-state index in [1.807, 2.05) is 6.07 Å². The lowest BCUT2D eigenvalue weighted by Gasteiger charge is -2.28. The van der Waals surface area contributed by atoms with Crippen LogP contribution in [0.15, 0.2) is 42.5 Å². The second-order valence-corrected chi connectivity index (χ2v) is 10.2. The van der Waals surface area contributed by atoms with Gasteiger partial charge in [-0.2, -0.15) is 0 Å². The number of unbranched alkanes of at least 4 members (excludes halogenated alkanes) is 6. The highest BCUT2D eigenvalue weighted by molar-refractivity contribution is 5.67. The normalized spacial score (nSPS) is 14.3. The molecule has 3 N–H and O–H groups in total. The SMILES string of the molecule is CCCCCCC=CC[C@H](CCCCC)CC[C@H](CCN)[C@H](CCc1ccccc1)CC(=O)O. The van der Waals surface area contributed by atoms with Crippen LogP contribution in [0.5, 0.6) is 0 Å². The van der Waals surface area contributed by atoms with Crippen LogP contribution in [0.1, 0.15) is 116 Å². The molecule has 3 nitrogen and oxygen atoms in total. The van der Waals surface area contributed by atoms with Crippen molar-refractivity contribution in [1.29, 1.82) is 0 Å². The fourth-order valence-corrected chi connectivity index (χ4v) is 5.16. The number of allylic oxidation sites excluding steroid dienone is 2. The van der Waals surface area contributed by atoms with Crippen molar-refractivity contribution in [3.8, 4) is 0 Å². The summed E-state index contributed by atoms with van der Waals surface area (Å²) in [7, 11) is 0. The summed E-state index contributed by atoms with van der Waals surface area (Å²) >= 11 is 0. The molecule has 0 bridgehead atoms. The third kappa shape index (κ3) is 15.3. The van der Waals surface area contributed by atoms with Crippen LogP contribution in [0, 0.1) is 17.8 Å². The Morgan fingerprint density at radius 1 is 0.853 bits per heavy atom. The van der Waals surface area contributed by atoms with E-state index in [1.165, 1.54) is 76.2 Å². The number of carboxylic acid groups (broad SMARTS) is 1. The van der Waals surface area contributed by atoms with E-state index in [0.717, 1.165) is 25.7 Å². The summed E-state index contributed by atoms with van der Waals surface area (Å²) in [5.41, 5.74) is 7.30. The van der Waals surface area contributed by atoms with Crippen LogP contribution in [-0.2, 0) is 11.2 Å². The fourth-order valence-electron chi connectivity index (χ4n) is 5.16. The maximum Gasteiger partial charge on any atom is 0.303 e. The van der Waals surface area contributed by atoms with E-state index in [2.05, 4.69) is 50.3 Å². The maximum absolute atomic E-state index is 11.7. The van der Waals surface area contributed by atoms with Crippen molar-refractivity contribution in [2.24, 2.45) is 23.5 Å². The zero-order valence-corrected chi connectivity index (χ0v) is 22.2. The van der Waals surface area contributed by atoms with Gasteiger partial charge in [0.2, 0.25) is 0 Å². The minimum Gasteiger partial charge on any atom is -0.481 e. The Hall–Kier alpha value is -1.61. The first-order chi connectivity index (χ1) is 16.6. The molecule has 1 aromatic rings. The van der Waals surface area contributed by atoms with Crippen LogP contribution < -0.4 is 5.73 Å². The molecule has 1 aromatic carbocycles. The van der Waals surface area contributed by atoms with Crippen LogP contribution in [0.25, 0.3) is 0 Å². The van der Waals surface area contributed by atoms with Crippen molar-refractivity contribution in [3.63, 3.8) is 0 Å². The molecule has 0 aliphatic heterocycles. The number of rotatable bonds is 22. The first kappa shape index (κ1) is 30.4. The number of carbonyl (C=O) groups is 1. The quantitative estimate of drug-likeness (QED) is 0.131. The number of aliphatic carboxylic acids is 1. The van der Waals surface area contributed by atoms with Gasteiger partial charge in [-0.3, -0.25) is 4.79 Å². The lowest BCUT2D eigenvalue weighted by molar-refractivity contribution is -0.138. The van der Waals surface area contributed by atoms with Crippen molar-refractivity contribution in [3.05, 3.63) is 48.0 Å². The fraction of sp³-hybridized carbons (Fsp3) is 0.710. The van der Waals surface area contributed by atoms with Gasteiger partial charge in [0, 0.05) is 6.42 Å². The number of carboxylic acids is 1. The van der Waals surface area contributed by atoms with E-state index in [1.54, 1.807) is 0 Å². The standard InChI is InChI=1S/C31H53NO2/c1-3-5-7-8-9-10-13-17-27(16-12-6-4-2)20-22-29(24-25-32)30(26-31(33)34)23-21-28-18-14-11-15-19-28/h10-11,13-15,18-19,27,29-30H,3-9,12,16-17,20-26,32H2,1-2H3,(H,33,34)/t27-,29+,30+/m0/s1. The third-order valence-corrected chi connectivity index (χ3v) is 7.31. The zero-order chi connectivity index (χ0) is 24.9. The lowest BCUT2D eigenvalue weighted by Crippen LogP contribution is -2.23. The molecule has 34 heavy (non-hydrogen) atoms. The zero-order valence-electron chi connectivity index (χ0n) is 22.2. The van der Waals surface area contributed by atoms with Crippen molar-refractivity contribution < 1.29 is 9.90 Å². The Balaban J connectivity index is 2.69. The average molecular weight is 472 g/mol. The first-order valence-electron chi connectivity index (χ1n) is 14.2. The van der Waals surface area contributed by atoms with E-state index in [9.17, 15) is 9.90 Å². The molecule has 0 saturated heterocycles. The number of hydrogen-bond donors (Lipinski definition) is 2. The number of benzene rings is 1. The van der Waals surface area contributed by atoms with E-state index >= 15 is 0 Å². The molecule has 0 heterocycles. The first-order valence-corrected chi connectivity index (χ1v) is 14.2. The van der Waals surface area contributed by atoms with Crippen LogP contribution in [0.2, 0.25) is 0 Å². The molecule has 1 rings (SSSR count). The van der Waals surface area contributed by atoms with Crippen molar-refractivity contribution in [2.75, 3.05) is 6.54 Å². The Morgan fingerprint density at radius 3 is 2.26 bits per heavy atom. The second kappa shape index (κ2) is 20.7. The molecule has 0 radical (unpaired) electrons. The van der Waals surface area contributed by atoms with Crippen molar-refractivity contribution in [2.45, 2.75) is 117 Å². The predicted molar refractivity (Wildman–Crippen MR) is 147 cm³/mol. The van der Waals surface area contributed by atoms with Gasteiger partial charge in [-0.15, -0.1) is 0 Å². The number of nitrogens with two attached hydrogens (primary N) is 1. The number of aryl methyl sites for hydroxylation is 1. The van der Waals surface area contributed by atoms with Crippen molar-refractivity contribution in [1.82, 2.24) is 0 Å². The van der Waals surface area contributed by atoms with E-state index in [0.29, 0.717) is 18.4 Å². The molecule has 0 fully saturated rings. The molecular weight excluding hydrogens is 418 g/mol. The van der Waals surface area contributed by atoms with Crippen LogP contribution >= 0.6 is 0 Å². The highest BCUT2D eigenvalue weighted by Gasteiger charge is 2.24. The summed E-state index contributed by atoms with van der Waals surface area (Å²) in [4.78, 5) is 11.7. The maximum atomic E-state index is 11.7. The van der Waals surface area contributed by atoms with Gasteiger partial charge in [-0.25, -0.2) is 0 Å². The summed E-state index contributed by atoms with van der Waals surface area (Å²) in [5, 5.41) is 9.60. The molecule has 0 aromatic heterocycles. The van der Waals surface area contributed by atoms with Gasteiger partial charge < -0.3 is 10.8 Å². The van der Waals surface area contributed by atoms with Crippen LogP contribution in [-0.4, -0.2) is 17.6 Å². The Kier molecular flexibility index (Phi) is 18.6. The van der Waals surface area contributed by atoms with Gasteiger partial charge in [-0.05, 0) is 81.2 Å². The molecule has 0 spiro atoms. The minimum atomic E-state index is -0.675. The number of hydrogen-bond acceptors (Lipinski definition) is 2. The monoisotopic (exact) mass is 471 g/mol. The van der Waals surface area contributed by atoms with Gasteiger partial charge in [-0.1, -0.05) is 101 Å². The molecule has 0 unspecified atom stereocenters. The van der Waals surface area contributed by atoms with E-state index in [4.69, 9.17) is 5.73 Å². The Bertz CT molecular complexity index is 628. The molecule has 194 valence electrons. The van der Waals surface area contributed by atoms with Gasteiger partial charge in [0.05, 0.1) is 0 Å². The molecule has 3 atom stereocenters. The summed E-state index contributed by atoms with van der Waals surface area (Å²) in [6.07, 6.45) is 23.0. The molecular formula is C31H53NO2. The van der Waals surface area contributed by atoms with Gasteiger partial charge in [0.15, 0.2) is 0 Å². The summed E-state index contributed by atoms with van der Waals surface area (Å²) in [6.45, 7) is 5.17. The van der Waals surface area contributed by atoms with Gasteiger partial charge in [0.1, 0.15) is 0 Å². The third-order valence-electron chi connectivity index (χ3n) is 7.31. The highest BCUT2D eigenvalue weighted by Crippen LogP contribution is 2.32. The molecule has 0 amide bonds. The summed E-state index contributed by atoms with van der Waals surface area (Å²) in [5.74, 6) is 0.632. The molecule has 3 heteroatoms. The molecule has 0 aliphatic rings. The Morgan fingerprint density at radius 2 is 1.59 bits per heavy atom. The average Bonchev–Trinajstić information content (AvgIpc) is 2.83. The van der Waals surface area contributed by atoms with Crippen LogP contribution in [0.4, 0.5) is 0 Å². The predicted octanol–water partition coefficient (Wildman–Crippen LogP) is 8.57. The summed E-state index contributed by atoms with van der Waals surface area (Å²) < 4.78 is 0. The molecule has 0 aliphatic carbocycles. The van der Waals surface area contributed by atoms with Crippen LogP contribution in [0.3, 0.4) is 0 Å². The smallest absolute Gasteiger partial charge is 0.303 e. The highest BCUT2D eigenvalue weighted by atomic mass is 16.4. The van der Waals surface area contributed by atoms with Gasteiger partial charge >= 0.3 is 5.97 Å². The van der Waals surface area contributed by atoms with E-state index < -0.39 is 5.97 Å². The summed E-state index contributed by atoms with van der Waals surface area (Å²) in [6, 6.07) is 10.5. The minimum absolute atomic E-state index is 0.201. The topological polar surface area (TPSA) is 63.3 Å². The van der Waals surface area contributed by atoms with Crippen molar-refractivity contribution >= 4 is 5.97 Å². The Labute approximate surface area is 210 Å². The lowest BCUT2D eigenvalue weighted by atomic mass is 9.78. The van der Waals surface area contributed by atoms with Gasteiger partial charge in [0.25, 0.3) is 0 Å². The molecule has 0 saturated carbocycles. The second-order valence-electron chi connectivity index (χ2n) is 10.2. The largest absolute Gasteiger partial charge is 0.481 e.